The lowest BCUT2D eigenvalue weighted by Crippen LogP contribution is -2.31. The highest BCUT2D eigenvalue weighted by Crippen LogP contribution is 2.14. The van der Waals surface area contributed by atoms with Crippen molar-refractivity contribution in [1.82, 2.24) is 15.4 Å². The summed E-state index contributed by atoms with van der Waals surface area (Å²) < 4.78 is 0. The summed E-state index contributed by atoms with van der Waals surface area (Å²) in [6.45, 7) is 0. The van der Waals surface area contributed by atoms with Crippen molar-refractivity contribution < 1.29 is 0 Å². The molecule has 94 valence electrons. The third-order valence-electron chi connectivity index (χ3n) is 2.75. The lowest BCUT2D eigenvalue weighted by Gasteiger charge is -2.01. The SMILES string of the molecule is NNC(=Nc1ccccc1)c1nc2ccccc2[nH]1. The van der Waals surface area contributed by atoms with Crippen LogP contribution in [0.3, 0.4) is 0 Å². The molecule has 5 heteroatoms. The summed E-state index contributed by atoms with van der Waals surface area (Å²) in [7, 11) is 0. The summed E-state index contributed by atoms with van der Waals surface area (Å²) in [6, 6.07) is 17.4. The molecule has 1 heterocycles. The second-order valence-corrected chi connectivity index (χ2v) is 4.04. The van der Waals surface area contributed by atoms with Gasteiger partial charge in [0.05, 0.1) is 16.7 Å². The number of para-hydroxylation sites is 3. The average Bonchev–Trinajstić information content (AvgIpc) is 2.89. The van der Waals surface area contributed by atoms with Crippen LogP contribution in [-0.4, -0.2) is 15.8 Å². The number of hydrogen-bond donors (Lipinski definition) is 3. The first kappa shape index (κ1) is 11.4. The second kappa shape index (κ2) is 4.91. The fraction of sp³-hybridized carbons (Fsp3) is 0. The van der Waals surface area contributed by atoms with Crippen molar-refractivity contribution in [3.63, 3.8) is 0 Å². The number of hydrogen-bond acceptors (Lipinski definition) is 3. The Bertz CT molecular complexity index is 682. The lowest BCUT2D eigenvalue weighted by molar-refractivity contribution is 1.00. The Labute approximate surface area is 110 Å². The summed E-state index contributed by atoms with van der Waals surface area (Å²) in [5.41, 5.74) is 5.23. The smallest absolute Gasteiger partial charge is 0.184 e. The topological polar surface area (TPSA) is 79.1 Å². The highest BCUT2D eigenvalue weighted by atomic mass is 15.3. The standard InChI is InChI=1S/C14H13N5/c15-19-14(16-10-6-2-1-3-7-10)13-17-11-8-4-5-9-12(11)18-13/h1-9H,15H2,(H,16,19)(H,17,18). The minimum absolute atomic E-state index is 0.502. The maximum atomic E-state index is 5.53. The maximum absolute atomic E-state index is 5.53. The van der Waals surface area contributed by atoms with Crippen LogP contribution in [0.15, 0.2) is 59.6 Å². The quantitative estimate of drug-likeness (QED) is 0.282. The highest BCUT2D eigenvalue weighted by Gasteiger charge is 2.08. The zero-order valence-corrected chi connectivity index (χ0v) is 10.2. The molecule has 2 aromatic carbocycles. The number of rotatable bonds is 2. The number of nitrogens with two attached hydrogens (primary N) is 1. The first-order chi connectivity index (χ1) is 9.36. The van der Waals surface area contributed by atoms with E-state index in [0.29, 0.717) is 11.7 Å². The number of imidazole rings is 1. The van der Waals surface area contributed by atoms with Crippen LogP contribution in [-0.2, 0) is 0 Å². The number of aromatic amines is 1. The highest BCUT2D eigenvalue weighted by molar-refractivity contribution is 5.99. The molecule has 0 fully saturated rings. The molecule has 0 radical (unpaired) electrons. The van der Waals surface area contributed by atoms with Crippen LogP contribution in [0.1, 0.15) is 5.82 Å². The Hall–Kier alpha value is -2.66. The average molecular weight is 251 g/mol. The number of nitrogens with zero attached hydrogens (tertiary/aromatic N) is 2. The number of hydrazine groups is 1. The first-order valence-electron chi connectivity index (χ1n) is 5.92. The van der Waals surface area contributed by atoms with Crippen molar-refractivity contribution in [2.45, 2.75) is 0 Å². The van der Waals surface area contributed by atoms with E-state index in [-0.39, 0.29) is 0 Å². The fourth-order valence-corrected chi connectivity index (χ4v) is 1.85. The van der Waals surface area contributed by atoms with E-state index in [9.17, 15) is 0 Å². The second-order valence-electron chi connectivity index (χ2n) is 4.04. The van der Waals surface area contributed by atoms with Crippen molar-refractivity contribution in [3.8, 4) is 0 Å². The monoisotopic (exact) mass is 251 g/mol. The fourth-order valence-electron chi connectivity index (χ4n) is 1.85. The van der Waals surface area contributed by atoms with Gasteiger partial charge in [-0.3, -0.25) is 0 Å². The van der Waals surface area contributed by atoms with E-state index in [1.54, 1.807) is 0 Å². The van der Waals surface area contributed by atoms with E-state index in [1.165, 1.54) is 0 Å². The number of amidine groups is 1. The summed E-state index contributed by atoms with van der Waals surface area (Å²) in [5.74, 6) is 6.65. The van der Waals surface area contributed by atoms with Crippen LogP contribution in [0.2, 0.25) is 0 Å². The predicted octanol–water partition coefficient (Wildman–Crippen LogP) is 2.10. The molecule has 0 aliphatic rings. The third-order valence-corrected chi connectivity index (χ3v) is 2.75. The molecule has 0 saturated carbocycles. The number of benzene rings is 2. The molecule has 3 rings (SSSR count). The van der Waals surface area contributed by atoms with Gasteiger partial charge in [-0.15, -0.1) is 0 Å². The van der Waals surface area contributed by atoms with Crippen molar-refractivity contribution >= 4 is 22.6 Å². The van der Waals surface area contributed by atoms with Crippen LogP contribution in [0.4, 0.5) is 5.69 Å². The summed E-state index contributed by atoms with van der Waals surface area (Å²) in [4.78, 5) is 12.1. The summed E-state index contributed by atoms with van der Waals surface area (Å²) >= 11 is 0. The molecule has 0 aliphatic heterocycles. The molecular formula is C14H13N5. The maximum Gasteiger partial charge on any atom is 0.184 e. The largest absolute Gasteiger partial charge is 0.335 e. The molecule has 0 amide bonds. The minimum Gasteiger partial charge on any atom is -0.335 e. The molecule has 0 unspecified atom stereocenters. The van der Waals surface area contributed by atoms with E-state index in [2.05, 4.69) is 20.4 Å². The normalized spacial score (nSPS) is 11.7. The van der Waals surface area contributed by atoms with Crippen molar-refractivity contribution in [1.29, 1.82) is 0 Å². The van der Waals surface area contributed by atoms with Gasteiger partial charge in [0.2, 0.25) is 0 Å². The minimum atomic E-state index is 0.502. The number of aromatic nitrogens is 2. The Balaban J connectivity index is 2.04. The van der Waals surface area contributed by atoms with E-state index in [0.717, 1.165) is 16.7 Å². The Kier molecular flexibility index (Phi) is 2.96. The molecule has 0 atom stereocenters. The van der Waals surface area contributed by atoms with Gasteiger partial charge in [-0.1, -0.05) is 30.3 Å². The molecule has 0 aliphatic carbocycles. The van der Waals surface area contributed by atoms with Crippen molar-refractivity contribution in [2.75, 3.05) is 0 Å². The van der Waals surface area contributed by atoms with Gasteiger partial charge >= 0.3 is 0 Å². The van der Waals surface area contributed by atoms with Crippen LogP contribution < -0.4 is 11.3 Å². The number of aliphatic imine (C=N–C) groups is 1. The van der Waals surface area contributed by atoms with Crippen LogP contribution >= 0.6 is 0 Å². The van der Waals surface area contributed by atoms with Crippen LogP contribution in [0.25, 0.3) is 11.0 Å². The zero-order chi connectivity index (χ0) is 13.1. The van der Waals surface area contributed by atoms with E-state index in [1.807, 2.05) is 54.6 Å². The Morgan fingerprint density at radius 1 is 1.05 bits per heavy atom. The van der Waals surface area contributed by atoms with Crippen LogP contribution in [0.5, 0.6) is 0 Å². The van der Waals surface area contributed by atoms with Crippen LogP contribution in [0, 0.1) is 0 Å². The number of fused-ring (bicyclic) bond motifs is 1. The van der Waals surface area contributed by atoms with Gasteiger partial charge in [-0.05, 0) is 24.3 Å². The van der Waals surface area contributed by atoms with E-state index < -0.39 is 0 Å². The summed E-state index contributed by atoms with van der Waals surface area (Å²) in [5, 5.41) is 0. The van der Waals surface area contributed by atoms with E-state index in [4.69, 9.17) is 5.84 Å². The van der Waals surface area contributed by atoms with Gasteiger partial charge in [0.1, 0.15) is 0 Å². The number of nitrogens with one attached hydrogen (secondary N) is 2. The van der Waals surface area contributed by atoms with Crippen molar-refractivity contribution in [2.24, 2.45) is 10.8 Å². The molecule has 0 saturated heterocycles. The molecule has 4 N–H and O–H groups in total. The summed E-state index contributed by atoms with van der Waals surface area (Å²) in [6.07, 6.45) is 0. The molecule has 0 spiro atoms. The van der Waals surface area contributed by atoms with Gasteiger partial charge in [-0.25, -0.2) is 15.8 Å². The molecule has 1 aromatic heterocycles. The van der Waals surface area contributed by atoms with Crippen molar-refractivity contribution in [3.05, 3.63) is 60.4 Å². The molecule has 3 aromatic rings. The lowest BCUT2D eigenvalue weighted by atomic mass is 10.3. The molecule has 5 nitrogen and oxygen atoms in total. The first-order valence-corrected chi connectivity index (χ1v) is 5.92. The van der Waals surface area contributed by atoms with E-state index >= 15 is 0 Å². The third kappa shape index (κ3) is 2.31. The predicted molar refractivity (Wildman–Crippen MR) is 76.1 cm³/mol. The van der Waals surface area contributed by atoms with Gasteiger partial charge in [-0.2, -0.15) is 0 Å². The van der Waals surface area contributed by atoms with Gasteiger partial charge in [0.15, 0.2) is 11.7 Å². The Morgan fingerprint density at radius 3 is 2.53 bits per heavy atom. The van der Waals surface area contributed by atoms with Gasteiger partial charge in [0, 0.05) is 0 Å². The number of H-pyrrole nitrogens is 1. The Morgan fingerprint density at radius 2 is 1.79 bits per heavy atom. The zero-order valence-electron chi connectivity index (χ0n) is 10.2. The molecular weight excluding hydrogens is 238 g/mol. The molecule has 19 heavy (non-hydrogen) atoms. The van der Waals surface area contributed by atoms with Gasteiger partial charge < -0.3 is 10.4 Å². The van der Waals surface area contributed by atoms with Gasteiger partial charge in [0.25, 0.3) is 0 Å². The molecule has 0 bridgehead atoms.